The van der Waals surface area contributed by atoms with Gasteiger partial charge in [0.15, 0.2) is 0 Å². The minimum atomic E-state index is -3.62. The van der Waals surface area contributed by atoms with Gasteiger partial charge in [0, 0.05) is 11.1 Å². The molecule has 0 atom stereocenters. The number of benzene rings is 2. The first kappa shape index (κ1) is 17.9. The summed E-state index contributed by atoms with van der Waals surface area (Å²) in [4.78, 5) is 12.4. The van der Waals surface area contributed by atoms with E-state index >= 15 is 0 Å². The Hall–Kier alpha value is -1.89. The highest BCUT2D eigenvalue weighted by molar-refractivity contribution is 7.89. The molecule has 3 rings (SSSR count). The van der Waals surface area contributed by atoms with Crippen molar-refractivity contribution in [3.8, 4) is 0 Å². The van der Waals surface area contributed by atoms with E-state index < -0.39 is 16.0 Å². The fourth-order valence-electron chi connectivity index (χ4n) is 2.33. The summed E-state index contributed by atoms with van der Waals surface area (Å²) in [5.41, 5.74) is 1.65. The molecule has 0 bridgehead atoms. The highest BCUT2D eigenvalue weighted by Gasteiger charge is 2.28. The van der Waals surface area contributed by atoms with Gasteiger partial charge in [-0.15, -0.1) is 0 Å². The van der Waals surface area contributed by atoms with E-state index in [0.717, 1.165) is 18.4 Å². The van der Waals surface area contributed by atoms with Crippen LogP contribution in [0.1, 0.15) is 34.3 Å². The molecule has 25 heavy (non-hydrogen) atoms. The van der Waals surface area contributed by atoms with Crippen molar-refractivity contribution in [2.75, 3.05) is 0 Å². The molecule has 1 saturated carbocycles. The van der Waals surface area contributed by atoms with Crippen LogP contribution in [0, 0.1) is 6.92 Å². The Morgan fingerprint density at radius 1 is 1.24 bits per heavy atom. The summed E-state index contributed by atoms with van der Waals surface area (Å²) >= 11 is 5.91. The maximum absolute atomic E-state index is 12.4. The van der Waals surface area contributed by atoms with Gasteiger partial charge in [-0.05, 0) is 55.2 Å². The summed E-state index contributed by atoms with van der Waals surface area (Å²) in [6.45, 7) is 1.80. The van der Waals surface area contributed by atoms with E-state index in [2.05, 4.69) is 4.72 Å². The van der Waals surface area contributed by atoms with Gasteiger partial charge < -0.3 is 4.74 Å². The smallest absolute Gasteiger partial charge is 0.338 e. The third-order valence-electron chi connectivity index (χ3n) is 3.90. The molecule has 0 heterocycles. The van der Waals surface area contributed by atoms with Crippen LogP contribution in [0.15, 0.2) is 47.4 Å². The molecule has 1 aliphatic rings. The van der Waals surface area contributed by atoms with Crippen LogP contribution >= 0.6 is 11.6 Å². The average molecular weight is 380 g/mol. The molecule has 0 saturated heterocycles. The molecule has 7 heteroatoms. The largest absolute Gasteiger partial charge is 0.457 e. The highest BCUT2D eigenvalue weighted by atomic mass is 35.5. The Bertz CT molecular complexity index is 907. The number of hydrogen-bond donors (Lipinski definition) is 1. The fraction of sp³-hybridized carbons (Fsp3) is 0.278. The molecule has 132 valence electrons. The summed E-state index contributed by atoms with van der Waals surface area (Å²) in [6.07, 6.45) is 1.69. The molecular weight excluding hydrogens is 362 g/mol. The zero-order valence-corrected chi connectivity index (χ0v) is 15.2. The lowest BCUT2D eigenvalue weighted by Gasteiger charge is -2.10. The van der Waals surface area contributed by atoms with Crippen molar-refractivity contribution in [2.45, 2.75) is 37.3 Å². The van der Waals surface area contributed by atoms with Crippen molar-refractivity contribution in [3.05, 3.63) is 64.2 Å². The highest BCUT2D eigenvalue weighted by Crippen LogP contribution is 2.23. The van der Waals surface area contributed by atoms with Crippen LogP contribution in [-0.2, 0) is 21.4 Å². The van der Waals surface area contributed by atoms with Crippen molar-refractivity contribution >= 4 is 27.6 Å². The van der Waals surface area contributed by atoms with Gasteiger partial charge in [0.05, 0.1) is 10.5 Å². The number of carbonyl (C=O) groups excluding carboxylic acids is 1. The Labute approximate surface area is 152 Å². The number of halogens is 1. The second kappa shape index (κ2) is 7.15. The predicted octanol–water partition coefficient (Wildman–Crippen LogP) is 3.45. The van der Waals surface area contributed by atoms with Gasteiger partial charge in [0.25, 0.3) is 0 Å². The van der Waals surface area contributed by atoms with Crippen LogP contribution in [0.3, 0.4) is 0 Å². The lowest BCUT2D eigenvalue weighted by Crippen LogP contribution is -2.26. The van der Waals surface area contributed by atoms with Gasteiger partial charge in [-0.1, -0.05) is 29.8 Å². The molecule has 1 fully saturated rings. The first-order chi connectivity index (χ1) is 11.8. The standard InChI is InChI=1S/C18H18ClNO4S/c1-12-5-8-16(25(22,23)20-15-6-7-15)10-17(12)18(21)24-11-13-3-2-4-14(19)9-13/h2-5,8-10,15,20H,6-7,11H2,1H3. The van der Waals surface area contributed by atoms with Crippen LogP contribution in [0.5, 0.6) is 0 Å². The van der Waals surface area contributed by atoms with Crippen LogP contribution in [0.2, 0.25) is 5.02 Å². The Kier molecular flexibility index (Phi) is 5.13. The predicted molar refractivity (Wildman–Crippen MR) is 95.1 cm³/mol. The van der Waals surface area contributed by atoms with Crippen LogP contribution in [0.4, 0.5) is 0 Å². The molecule has 0 spiro atoms. The van der Waals surface area contributed by atoms with Crippen molar-refractivity contribution in [1.29, 1.82) is 0 Å². The lowest BCUT2D eigenvalue weighted by molar-refractivity contribution is 0.0471. The SMILES string of the molecule is Cc1ccc(S(=O)(=O)NC2CC2)cc1C(=O)OCc1cccc(Cl)c1. The number of rotatable bonds is 6. The number of esters is 1. The van der Waals surface area contributed by atoms with Gasteiger partial charge in [0.2, 0.25) is 10.0 Å². The van der Waals surface area contributed by atoms with Crippen molar-refractivity contribution in [1.82, 2.24) is 4.72 Å². The van der Waals surface area contributed by atoms with Gasteiger partial charge in [-0.25, -0.2) is 17.9 Å². The summed E-state index contributed by atoms with van der Waals surface area (Å²) in [5, 5.41) is 0.559. The average Bonchev–Trinajstić information content (AvgIpc) is 3.36. The third-order valence-corrected chi connectivity index (χ3v) is 5.65. The second-order valence-electron chi connectivity index (χ2n) is 6.08. The van der Waals surface area contributed by atoms with Crippen LogP contribution in [0.25, 0.3) is 0 Å². The summed E-state index contributed by atoms with van der Waals surface area (Å²) < 4.78 is 32.5. The number of nitrogens with one attached hydrogen (secondary N) is 1. The molecule has 0 aliphatic heterocycles. The van der Waals surface area contributed by atoms with E-state index in [1.807, 2.05) is 0 Å². The number of ether oxygens (including phenoxy) is 1. The molecule has 0 aromatic heterocycles. The zero-order chi connectivity index (χ0) is 18.0. The van der Waals surface area contributed by atoms with E-state index in [1.54, 1.807) is 37.3 Å². The van der Waals surface area contributed by atoms with E-state index in [0.29, 0.717) is 10.6 Å². The number of aryl methyl sites for hydroxylation is 1. The van der Waals surface area contributed by atoms with E-state index in [1.165, 1.54) is 12.1 Å². The minimum Gasteiger partial charge on any atom is -0.457 e. The van der Waals surface area contributed by atoms with E-state index in [4.69, 9.17) is 16.3 Å². The number of sulfonamides is 1. The Morgan fingerprint density at radius 3 is 2.68 bits per heavy atom. The number of carbonyl (C=O) groups is 1. The van der Waals surface area contributed by atoms with Crippen LogP contribution < -0.4 is 4.72 Å². The van der Waals surface area contributed by atoms with Crippen molar-refractivity contribution < 1.29 is 17.9 Å². The molecule has 5 nitrogen and oxygen atoms in total. The molecule has 0 amide bonds. The van der Waals surface area contributed by atoms with E-state index in [-0.39, 0.29) is 23.1 Å². The van der Waals surface area contributed by atoms with E-state index in [9.17, 15) is 13.2 Å². The second-order valence-corrected chi connectivity index (χ2v) is 8.23. The maximum Gasteiger partial charge on any atom is 0.338 e. The quantitative estimate of drug-likeness (QED) is 0.780. The van der Waals surface area contributed by atoms with Gasteiger partial charge in [0.1, 0.15) is 6.61 Å². The summed E-state index contributed by atoms with van der Waals surface area (Å²) in [6, 6.07) is 11.5. The van der Waals surface area contributed by atoms with Gasteiger partial charge in [-0.3, -0.25) is 0 Å². The van der Waals surface area contributed by atoms with Gasteiger partial charge in [-0.2, -0.15) is 0 Å². The molecule has 1 aliphatic carbocycles. The minimum absolute atomic E-state index is 0.00420. The molecule has 2 aromatic rings. The summed E-state index contributed by atoms with van der Waals surface area (Å²) in [7, 11) is -3.62. The Balaban J connectivity index is 1.76. The van der Waals surface area contributed by atoms with Crippen LogP contribution in [-0.4, -0.2) is 20.4 Å². The Morgan fingerprint density at radius 2 is 2.00 bits per heavy atom. The first-order valence-corrected chi connectivity index (χ1v) is 9.76. The molecule has 0 unspecified atom stereocenters. The lowest BCUT2D eigenvalue weighted by atomic mass is 10.1. The first-order valence-electron chi connectivity index (χ1n) is 7.90. The van der Waals surface area contributed by atoms with Crippen molar-refractivity contribution in [2.24, 2.45) is 0 Å². The molecule has 2 aromatic carbocycles. The van der Waals surface area contributed by atoms with Gasteiger partial charge >= 0.3 is 5.97 Å². The molecule has 0 radical (unpaired) electrons. The third kappa shape index (κ3) is 4.60. The normalized spacial score (nSPS) is 14.3. The maximum atomic E-state index is 12.4. The summed E-state index contributed by atoms with van der Waals surface area (Å²) in [5.74, 6) is -0.569. The molecular formula is C18H18ClNO4S. The topological polar surface area (TPSA) is 72.5 Å². The fourth-order valence-corrected chi connectivity index (χ4v) is 3.87. The number of hydrogen-bond acceptors (Lipinski definition) is 4. The van der Waals surface area contributed by atoms with Crippen molar-refractivity contribution in [3.63, 3.8) is 0 Å². The monoisotopic (exact) mass is 379 g/mol. The molecule has 1 N–H and O–H groups in total. The zero-order valence-electron chi connectivity index (χ0n) is 13.7.